The summed E-state index contributed by atoms with van der Waals surface area (Å²) in [5, 5.41) is 8.04. The molecule has 0 unspecified atom stereocenters. The summed E-state index contributed by atoms with van der Waals surface area (Å²) < 4.78 is 2.91. The number of aromatic nitrogens is 3. The van der Waals surface area contributed by atoms with Gasteiger partial charge in [0.15, 0.2) is 5.82 Å². The molecule has 90 valence electrons. The van der Waals surface area contributed by atoms with Crippen LogP contribution in [0.1, 0.15) is 24.6 Å². The van der Waals surface area contributed by atoms with Crippen molar-refractivity contribution >= 4 is 21.7 Å². The van der Waals surface area contributed by atoms with Crippen LogP contribution >= 0.6 is 15.9 Å². The number of hydrogen-bond donors (Lipinski definition) is 1. The molecule has 2 N–H and O–H groups in total. The zero-order valence-corrected chi connectivity index (χ0v) is 11.5. The van der Waals surface area contributed by atoms with E-state index in [1.165, 1.54) is 5.56 Å². The molecule has 0 bridgehead atoms. The maximum atomic E-state index is 5.83. The molecule has 1 heterocycles. The third-order valence-corrected chi connectivity index (χ3v) is 3.56. The van der Waals surface area contributed by atoms with Crippen LogP contribution in [0.4, 0.5) is 5.82 Å². The zero-order valence-electron chi connectivity index (χ0n) is 9.94. The summed E-state index contributed by atoms with van der Waals surface area (Å²) in [6.45, 7) is 4.16. The Bertz CT molecular complexity index is 533. The highest BCUT2D eigenvalue weighted by Crippen LogP contribution is 2.21. The van der Waals surface area contributed by atoms with Crippen LogP contribution in [0.3, 0.4) is 0 Å². The highest BCUT2D eigenvalue weighted by atomic mass is 79.9. The van der Waals surface area contributed by atoms with Crippen LogP contribution in [0.25, 0.3) is 5.69 Å². The number of hydrogen-bond acceptors (Lipinski definition) is 3. The van der Waals surface area contributed by atoms with E-state index >= 15 is 0 Å². The van der Waals surface area contributed by atoms with Crippen molar-refractivity contribution in [2.24, 2.45) is 0 Å². The topological polar surface area (TPSA) is 56.7 Å². The van der Waals surface area contributed by atoms with Crippen LogP contribution in [0.5, 0.6) is 0 Å². The maximum absolute atomic E-state index is 5.83. The van der Waals surface area contributed by atoms with Gasteiger partial charge in [-0.25, -0.2) is 4.68 Å². The Hall–Kier alpha value is -1.36. The second-order valence-corrected chi connectivity index (χ2v) is 4.87. The van der Waals surface area contributed by atoms with Crippen molar-refractivity contribution in [1.82, 2.24) is 15.0 Å². The Morgan fingerprint density at radius 3 is 2.82 bits per heavy atom. The summed E-state index contributed by atoms with van der Waals surface area (Å²) >= 11 is 3.49. The monoisotopic (exact) mass is 294 g/mol. The van der Waals surface area contributed by atoms with Crippen LogP contribution < -0.4 is 5.73 Å². The lowest BCUT2D eigenvalue weighted by atomic mass is 10.2. The lowest BCUT2D eigenvalue weighted by Crippen LogP contribution is -2.04. The summed E-state index contributed by atoms with van der Waals surface area (Å²) in [5.41, 5.74) is 8.97. The van der Waals surface area contributed by atoms with Gasteiger partial charge in [-0.2, -0.15) is 0 Å². The molecule has 0 radical (unpaired) electrons. The average Bonchev–Trinajstić information content (AvgIpc) is 2.66. The molecule has 1 aromatic heterocycles. The van der Waals surface area contributed by atoms with Gasteiger partial charge in [-0.05, 0) is 37.1 Å². The minimum absolute atomic E-state index is 0.521. The van der Waals surface area contributed by atoms with E-state index in [2.05, 4.69) is 39.2 Å². The summed E-state index contributed by atoms with van der Waals surface area (Å²) in [4.78, 5) is 0. The largest absolute Gasteiger partial charge is 0.381 e. The second kappa shape index (κ2) is 4.87. The first kappa shape index (κ1) is 12.1. The molecule has 2 aromatic rings. The molecule has 0 spiro atoms. The van der Waals surface area contributed by atoms with Crippen molar-refractivity contribution in [1.29, 1.82) is 0 Å². The number of halogens is 1. The third kappa shape index (κ3) is 2.34. The zero-order chi connectivity index (χ0) is 12.4. The number of benzene rings is 1. The fourth-order valence-corrected chi connectivity index (χ4v) is 2.00. The molecule has 0 atom stereocenters. The average molecular weight is 295 g/mol. The molecular weight excluding hydrogens is 280 g/mol. The first-order chi connectivity index (χ1) is 8.13. The first-order valence-corrected chi connectivity index (χ1v) is 6.39. The molecular formula is C12H15BrN4. The van der Waals surface area contributed by atoms with Gasteiger partial charge in [0.05, 0.1) is 11.4 Å². The van der Waals surface area contributed by atoms with Crippen molar-refractivity contribution in [3.05, 3.63) is 33.9 Å². The van der Waals surface area contributed by atoms with Gasteiger partial charge in [0.1, 0.15) is 0 Å². The molecule has 0 aliphatic heterocycles. The van der Waals surface area contributed by atoms with E-state index in [4.69, 9.17) is 5.73 Å². The smallest absolute Gasteiger partial charge is 0.169 e. The van der Waals surface area contributed by atoms with Crippen LogP contribution in [0, 0.1) is 6.92 Å². The number of anilines is 1. The minimum Gasteiger partial charge on any atom is -0.381 e. The Kier molecular flexibility index (Phi) is 3.47. The van der Waals surface area contributed by atoms with E-state index in [1.807, 2.05) is 23.7 Å². The fraction of sp³-hybridized carbons (Fsp3) is 0.333. The van der Waals surface area contributed by atoms with Gasteiger partial charge >= 0.3 is 0 Å². The number of nitrogen functional groups attached to an aromatic ring is 1. The molecule has 0 fully saturated rings. The van der Waals surface area contributed by atoms with Crippen LogP contribution in [-0.4, -0.2) is 15.0 Å². The lowest BCUT2D eigenvalue weighted by molar-refractivity contribution is 0.745. The molecule has 0 amide bonds. The molecule has 5 heteroatoms. The van der Waals surface area contributed by atoms with E-state index < -0.39 is 0 Å². The maximum Gasteiger partial charge on any atom is 0.169 e. The van der Waals surface area contributed by atoms with Crippen molar-refractivity contribution in [2.75, 3.05) is 5.73 Å². The molecule has 0 saturated carbocycles. The quantitative estimate of drug-likeness (QED) is 0.947. The van der Waals surface area contributed by atoms with Crippen molar-refractivity contribution < 1.29 is 0 Å². The van der Waals surface area contributed by atoms with Crippen LogP contribution in [0.15, 0.2) is 22.7 Å². The predicted molar refractivity (Wildman–Crippen MR) is 72.2 cm³/mol. The van der Waals surface area contributed by atoms with Gasteiger partial charge in [0.2, 0.25) is 0 Å². The normalized spacial score (nSPS) is 10.8. The SMILES string of the molecule is CCCc1c(N)nnn1-c1ccc(Br)c(C)c1. The summed E-state index contributed by atoms with van der Waals surface area (Å²) in [6.07, 6.45) is 1.90. The van der Waals surface area contributed by atoms with Crippen molar-refractivity contribution in [3.8, 4) is 5.69 Å². The molecule has 0 aliphatic rings. The van der Waals surface area contributed by atoms with E-state index in [0.29, 0.717) is 5.82 Å². The van der Waals surface area contributed by atoms with E-state index in [-0.39, 0.29) is 0 Å². The van der Waals surface area contributed by atoms with E-state index in [0.717, 1.165) is 28.7 Å². The standard InChI is InChI=1S/C12H15BrN4/c1-3-4-11-12(14)15-16-17(11)9-5-6-10(13)8(2)7-9/h5-7H,3-4,14H2,1-2H3. The minimum atomic E-state index is 0.521. The third-order valence-electron chi connectivity index (χ3n) is 2.67. The van der Waals surface area contributed by atoms with Gasteiger partial charge in [0.25, 0.3) is 0 Å². The van der Waals surface area contributed by atoms with Gasteiger partial charge < -0.3 is 5.73 Å². The Morgan fingerprint density at radius 2 is 2.18 bits per heavy atom. The molecule has 4 nitrogen and oxygen atoms in total. The number of rotatable bonds is 3. The second-order valence-electron chi connectivity index (χ2n) is 4.02. The van der Waals surface area contributed by atoms with Crippen molar-refractivity contribution in [3.63, 3.8) is 0 Å². The number of nitrogens with two attached hydrogens (primary N) is 1. The molecule has 1 aromatic carbocycles. The van der Waals surface area contributed by atoms with Gasteiger partial charge in [-0.3, -0.25) is 0 Å². The summed E-state index contributed by atoms with van der Waals surface area (Å²) in [5.74, 6) is 0.521. The number of aryl methyl sites for hydroxylation is 1. The van der Waals surface area contributed by atoms with Crippen molar-refractivity contribution in [2.45, 2.75) is 26.7 Å². The Balaban J connectivity index is 2.48. The predicted octanol–water partition coefficient (Wildman–Crippen LogP) is 2.87. The van der Waals surface area contributed by atoms with Crippen LogP contribution in [0.2, 0.25) is 0 Å². The summed E-state index contributed by atoms with van der Waals surface area (Å²) in [6, 6.07) is 6.08. The van der Waals surface area contributed by atoms with E-state index in [1.54, 1.807) is 0 Å². The molecule has 0 aliphatic carbocycles. The lowest BCUT2D eigenvalue weighted by Gasteiger charge is -2.07. The van der Waals surface area contributed by atoms with E-state index in [9.17, 15) is 0 Å². The van der Waals surface area contributed by atoms with Gasteiger partial charge in [-0.15, -0.1) is 5.10 Å². The Labute approximate surface area is 109 Å². The highest BCUT2D eigenvalue weighted by molar-refractivity contribution is 9.10. The summed E-state index contributed by atoms with van der Waals surface area (Å²) in [7, 11) is 0. The van der Waals surface area contributed by atoms with Gasteiger partial charge in [-0.1, -0.05) is 34.5 Å². The number of nitrogens with zero attached hydrogens (tertiary/aromatic N) is 3. The Morgan fingerprint density at radius 1 is 1.41 bits per heavy atom. The van der Waals surface area contributed by atoms with Gasteiger partial charge in [0, 0.05) is 4.47 Å². The molecule has 2 rings (SSSR count). The highest BCUT2D eigenvalue weighted by Gasteiger charge is 2.11. The molecule has 0 saturated heterocycles. The fourth-order valence-electron chi connectivity index (χ4n) is 1.75. The molecule has 17 heavy (non-hydrogen) atoms. The first-order valence-electron chi connectivity index (χ1n) is 5.60. The van der Waals surface area contributed by atoms with Crippen LogP contribution in [-0.2, 0) is 6.42 Å².